The molecule has 0 radical (unpaired) electrons. The summed E-state index contributed by atoms with van der Waals surface area (Å²) in [6.45, 7) is 0.253. The second kappa shape index (κ2) is 10.4. The molecule has 0 saturated carbocycles. The maximum Gasteiger partial charge on any atom is 0.225 e. The molecule has 0 fully saturated rings. The quantitative estimate of drug-likeness (QED) is 0.534. The highest BCUT2D eigenvalue weighted by atomic mass is 35.5. The van der Waals surface area contributed by atoms with E-state index in [1.807, 2.05) is 6.07 Å². The number of hydrogen-bond donors (Lipinski definition) is 2. The van der Waals surface area contributed by atoms with Gasteiger partial charge >= 0.3 is 0 Å². The van der Waals surface area contributed by atoms with E-state index in [1.165, 1.54) is 23.5 Å². The summed E-state index contributed by atoms with van der Waals surface area (Å²) in [5, 5.41) is 7.51. The zero-order chi connectivity index (χ0) is 20.3. The van der Waals surface area contributed by atoms with Gasteiger partial charge in [0.05, 0.1) is 23.3 Å². The molecule has 1 atom stereocenters. The summed E-state index contributed by atoms with van der Waals surface area (Å²) in [6.07, 6.45) is 2.18. The Bertz CT molecular complexity index is 972. The summed E-state index contributed by atoms with van der Waals surface area (Å²) >= 11 is 13.9. The van der Waals surface area contributed by atoms with Crippen LogP contribution in [0.25, 0.3) is 11.3 Å². The van der Waals surface area contributed by atoms with E-state index in [-0.39, 0.29) is 43.1 Å². The third-order valence-electron chi connectivity index (χ3n) is 4.24. The molecule has 3 rings (SSSR count). The van der Waals surface area contributed by atoms with Crippen LogP contribution in [0.5, 0.6) is 0 Å². The Balaban J connectivity index is 0.00000300. The van der Waals surface area contributed by atoms with E-state index in [0.717, 1.165) is 16.0 Å². The number of aryl methyl sites for hydroxylation is 1. The minimum absolute atomic E-state index is 0. The van der Waals surface area contributed by atoms with Crippen LogP contribution in [0.2, 0.25) is 9.36 Å². The zero-order valence-corrected chi connectivity index (χ0v) is 18.6. The molecule has 29 heavy (non-hydrogen) atoms. The van der Waals surface area contributed by atoms with Gasteiger partial charge in [-0.05, 0) is 30.2 Å². The third kappa shape index (κ3) is 5.93. The first kappa shape index (κ1) is 23.6. The monoisotopic (exact) mass is 476 g/mol. The number of nitrogens with zero attached hydrogens (tertiary/aromatic N) is 2. The molecule has 0 spiro atoms. The van der Waals surface area contributed by atoms with Crippen LogP contribution in [-0.2, 0) is 24.7 Å². The van der Waals surface area contributed by atoms with Crippen molar-refractivity contribution in [2.24, 2.45) is 12.8 Å². The normalized spacial score (nSPS) is 11.8. The molecule has 156 valence electrons. The summed E-state index contributed by atoms with van der Waals surface area (Å²) in [4.78, 5) is 13.3. The lowest BCUT2D eigenvalue weighted by Gasteiger charge is -2.16. The van der Waals surface area contributed by atoms with Crippen LogP contribution in [-0.4, -0.2) is 28.3 Å². The maximum atomic E-state index is 13.3. The van der Waals surface area contributed by atoms with E-state index >= 15 is 0 Å². The highest BCUT2D eigenvalue weighted by molar-refractivity contribution is 7.16. The molecule has 3 N–H and O–H groups in total. The molecule has 2 aromatic heterocycles. The predicted octanol–water partition coefficient (Wildman–Crippen LogP) is 4.25. The molecule has 0 aliphatic carbocycles. The number of amides is 1. The van der Waals surface area contributed by atoms with Gasteiger partial charge in [0.1, 0.15) is 10.2 Å². The molecule has 2 heterocycles. The Morgan fingerprint density at radius 3 is 2.76 bits per heavy atom. The lowest BCUT2D eigenvalue weighted by molar-refractivity contribution is -0.121. The third-order valence-corrected chi connectivity index (χ3v) is 5.88. The van der Waals surface area contributed by atoms with E-state index in [0.29, 0.717) is 21.5 Å². The molecule has 0 unspecified atom stereocenters. The van der Waals surface area contributed by atoms with Crippen molar-refractivity contribution in [2.45, 2.75) is 18.9 Å². The number of nitrogens with two attached hydrogens (primary N) is 1. The molecule has 1 aromatic carbocycles. The summed E-state index contributed by atoms with van der Waals surface area (Å²) < 4.78 is 15.5. The fourth-order valence-corrected chi connectivity index (χ4v) is 4.54. The lowest BCUT2D eigenvalue weighted by Crippen LogP contribution is -2.42. The molecule has 0 saturated heterocycles. The van der Waals surface area contributed by atoms with Gasteiger partial charge in [-0.1, -0.05) is 35.3 Å². The first-order valence-corrected chi connectivity index (χ1v) is 10.1. The Morgan fingerprint density at radius 1 is 1.38 bits per heavy atom. The van der Waals surface area contributed by atoms with Crippen molar-refractivity contribution in [3.8, 4) is 11.3 Å². The first-order valence-electron chi connectivity index (χ1n) is 8.57. The topological polar surface area (TPSA) is 72.9 Å². The van der Waals surface area contributed by atoms with Gasteiger partial charge in [0.25, 0.3) is 0 Å². The van der Waals surface area contributed by atoms with Gasteiger partial charge in [-0.3, -0.25) is 9.48 Å². The summed E-state index contributed by atoms with van der Waals surface area (Å²) in [7, 11) is 1.78. The molecule has 0 aliphatic rings. The van der Waals surface area contributed by atoms with Gasteiger partial charge in [0.15, 0.2) is 0 Å². The molecular formula is C19H20Cl3FN4OS. The number of halogens is 4. The van der Waals surface area contributed by atoms with E-state index in [1.54, 1.807) is 30.1 Å². The van der Waals surface area contributed by atoms with Crippen molar-refractivity contribution in [3.63, 3.8) is 0 Å². The van der Waals surface area contributed by atoms with E-state index in [4.69, 9.17) is 28.9 Å². The van der Waals surface area contributed by atoms with Gasteiger partial charge in [0.2, 0.25) is 5.91 Å². The van der Waals surface area contributed by atoms with Crippen LogP contribution in [0.15, 0.2) is 36.5 Å². The number of nitrogens with one attached hydrogen (secondary N) is 1. The number of thiophene rings is 1. The smallest absolute Gasteiger partial charge is 0.225 e. The minimum atomic E-state index is -0.311. The predicted molar refractivity (Wildman–Crippen MR) is 119 cm³/mol. The molecule has 3 aromatic rings. The average molecular weight is 478 g/mol. The molecule has 10 heteroatoms. The number of carbonyl (C=O) groups excluding carboxylic acids is 1. The highest BCUT2D eigenvalue weighted by Crippen LogP contribution is 2.38. The zero-order valence-electron chi connectivity index (χ0n) is 15.5. The van der Waals surface area contributed by atoms with Crippen molar-refractivity contribution < 1.29 is 9.18 Å². The Hall–Kier alpha value is -1.64. The van der Waals surface area contributed by atoms with Crippen LogP contribution >= 0.6 is 46.9 Å². The lowest BCUT2D eigenvalue weighted by atomic mass is 10.1. The van der Waals surface area contributed by atoms with Gasteiger partial charge < -0.3 is 11.1 Å². The van der Waals surface area contributed by atoms with Crippen LogP contribution in [0.1, 0.15) is 10.4 Å². The van der Waals surface area contributed by atoms with Crippen molar-refractivity contribution >= 4 is 52.9 Å². The molecule has 0 aliphatic heterocycles. The Labute approximate surface area is 188 Å². The minimum Gasteiger partial charge on any atom is -0.351 e. The number of rotatable bonds is 7. The van der Waals surface area contributed by atoms with Crippen LogP contribution < -0.4 is 11.1 Å². The molecular weight excluding hydrogens is 458 g/mol. The van der Waals surface area contributed by atoms with Crippen molar-refractivity contribution in [1.82, 2.24) is 15.1 Å². The highest BCUT2D eigenvalue weighted by Gasteiger charge is 2.18. The second-order valence-corrected chi connectivity index (χ2v) is 8.52. The fraction of sp³-hybridized carbons (Fsp3) is 0.263. The van der Waals surface area contributed by atoms with E-state index in [9.17, 15) is 9.18 Å². The Morgan fingerprint density at radius 2 is 2.14 bits per heavy atom. The van der Waals surface area contributed by atoms with Gasteiger partial charge in [-0.2, -0.15) is 5.10 Å². The summed E-state index contributed by atoms with van der Waals surface area (Å²) in [5.41, 5.74) is 8.01. The number of aromatic nitrogens is 2. The standard InChI is InChI=1S/C19H19Cl2FN4OS.ClH/c1-26-18(16(20)10-24-26)15-7-14(28-19(15)21)8-17(27)25-13(9-23)6-11-3-2-4-12(22)5-11;/h2-5,7,10,13H,6,8-9,23H2,1H3,(H,25,27);1H/t13-;/m0./s1. The molecule has 1 amide bonds. The van der Waals surface area contributed by atoms with Crippen molar-refractivity contribution in [3.05, 3.63) is 62.1 Å². The first-order chi connectivity index (χ1) is 13.4. The van der Waals surface area contributed by atoms with Crippen molar-refractivity contribution in [1.29, 1.82) is 0 Å². The average Bonchev–Trinajstić information content (AvgIpc) is 3.15. The molecule has 5 nitrogen and oxygen atoms in total. The maximum absolute atomic E-state index is 13.3. The van der Waals surface area contributed by atoms with Crippen LogP contribution in [0.3, 0.4) is 0 Å². The van der Waals surface area contributed by atoms with E-state index < -0.39 is 0 Å². The van der Waals surface area contributed by atoms with Crippen LogP contribution in [0.4, 0.5) is 4.39 Å². The van der Waals surface area contributed by atoms with Crippen LogP contribution in [0, 0.1) is 5.82 Å². The van der Waals surface area contributed by atoms with E-state index in [2.05, 4.69) is 10.4 Å². The number of benzene rings is 1. The molecule has 0 bridgehead atoms. The number of hydrogen-bond acceptors (Lipinski definition) is 4. The largest absolute Gasteiger partial charge is 0.351 e. The summed E-state index contributed by atoms with van der Waals surface area (Å²) in [6, 6.07) is 7.83. The fourth-order valence-electron chi connectivity index (χ4n) is 2.96. The van der Waals surface area contributed by atoms with Crippen molar-refractivity contribution in [2.75, 3.05) is 6.54 Å². The number of carbonyl (C=O) groups is 1. The second-order valence-electron chi connectivity index (χ2n) is 6.38. The van der Waals surface area contributed by atoms with Gasteiger partial charge in [-0.15, -0.1) is 23.7 Å². The Kier molecular flexibility index (Phi) is 8.48. The summed E-state index contributed by atoms with van der Waals surface area (Å²) in [5.74, 6) is -0.485. The van der Waals surface area contributed by atoms with Gasteiger partial charge in [-0.25, -0.2) is 4.39 Å². The van der Waals surface area contributed by atoms with Gasteiger partial charge in [0, 0.05) is 30.1 Å². The SMILES string of the molecule is Cl.Cn1ncc(Cl)c1-c1cc(CC(=O)N[C@H](CN)Cc2cccc(F)c2)sc1Cl.